The van der Waals surface area contributed by atoms with Gasteiger partial charge in [-0.15, -0.1) is 0 Å². The molecule has 0 fully saturated rings. The number of alkyl halides is 2. The Morgan fingerprint density at radius 3 is 1.00 bits per heavy atom. The average molecular weight is 364 g/mol. The summed E-state index contributed by atoms with van der Waals surface area (Å²) in [5.74, 6) is 0. The van der Waals surface area contributed by atoms with Crippen molar-refractivity contribution in [3.05, 3.63) is 0 Å². The predicted octanol–water partition coefficient (Wildman–Crippen LogP) is 4.49. The van der Waals surface area contributed by atoms with E-state index in [2.05, 4.69) is 31.9 Å². The van der Waals surface area contributed by atoms with Gasteiger partial charge in [-0.1, -0.05) is 31.9 Å². The molecule has 0 spiro atoms. The molecule has 0 nitrogen and oxygen atoms in total. The summed E-state index contributed by atoms with van der Waals surface area (Å²) in [5, 5.41) is 0. The van der Waals surface area contributed by atoms with E-state index in [1.54, 1.807) is 0 Å². The van der Waals surface area contributed by atoms with Crippen molar-refractivity contribution in [2.75, 3.05) is 4.24 Å². The Hall–Kier alpha value is 2.83. The molecule has 0 aromatic carbocycles. The van der Waals surface area contributed by atoms with Crippen LogP contribution in [-0.2, 0) is 12.3 Å². The summed E-state index contributed by atoms with van der Waals surface area (Å²) in [6.45, 7) is 0. The number of rotatable bonds is 0. The topological polar surface area (TPSA) is 0 Å². The van der Waals surface area contributed by atoms with E-state index in [1.807, 2.05) is 0 Å². The number of hydrogen-bond donors (Lipinski definition) is 0. The zero-order valence-corrected chi connectivity index (χ0v) is 11.2. The van der Waals surface area contributed by atoms with E-state index in [0.717, 1.165) is 4.24 Å². The van der Waals surface area contributed by atoms with E-state index < -0.39 is 12.3 Å². The molecule has 0 saturated carbocycles. The van der Waals surface area contributed by atoms with Gasteiger partial charge < -0.3 is 0 Å². The van der Waals surface area contributed by atoms with Gasteiger partial charge in [-0.3, -0.25) is 0 Å². The minimum absolute atomic E-state index is 0.875. The number of hydrogen-bond acceptors (Lipinski definition) is 0. The fraction of sp³-hybridized carbons (Fsp3) is 1.00. The molecule has 0 aliphatic carbocycles. The Kier molecular flexibility index (Phi) is 13.3. The van der Waals surface area contributed by atoms with Crippen molar-refractivity contribution in [2.45, 2.75) is 0 Å². The molecule has 0 aromatic rings. The zero-order valence-electron chi connectivity index (χ0n) is 3.47. The van der Waals surface area contributed by atoms with Crippen molar-refractivity contribution in [1.29, 1.82) is 0 Å². The van der Waals surface area contributed by atoms with Crippen LogP contribution in [0.1, 0.15) is 0 Å². The molecule has 0 aliphatic rings. The van der Waals surface area contributed by atoms with Gasteiger partial charge in [0.25, 0.3) is 0 Å². The Morgan fingerprint density at radius 2 is 1.00 bits per heavy atom. The second kappa shape index (κ2) is 7.94. The van der Waals surface area contributed by atoms with Gasteiger partial charge in [-0.05, 0) is 0 Å². The SMILES string of the molecule is BrCBr.[Cl][Ti]([Cl])([Cl])[Cl]. The van der Waals surface area contributed by atoms with Crippen molar-refractivity contribution in [3.63, 3.8) is 0 Å². The minimum atomic E-state index is -3.11. The Balaban J connectivity index is 0. The second-order valence-electron chi connectivity index (χ2n) is 0.530. The molecule has 0 rings (SSSR count). The van der Waals surface area contributed by atoms with Crippen LogP contribution in [0.15, 0.2) is 0 Å². The molecule has 0 saturated heterocycles. The fourth-order valence-corrected chi connectivity index (χ4v) is 0. The van der Waals surface area contributed by atoms with Crippen LogP contribution in [0.25, 0.3) is 0 Å². The van der Waals surface area contributed by atoms with Gasteiger partial charge in [0.05, 0.1) is 4.24 Å². The Labute approximate surface area is 84.3 Å². The molecule has 0 atom stereocenters. The fourth-order valence-electron chi connectivity index (χ4n) is 0. The van der Waals surface area contributed by atoms with Crippen molar-refractivity contribution in [1.82, 2.24) is 0 Å². The van der Waals surface area contributed by atoms with Crippen LogP contribution < -0.4 is 0 Å². The van der Waals surface area contributed by atoms with Crippen LogP contribution in [0.5, 0.6) is 0 Å². The van der Waals surface area contributed by atoms with Gasteiger partial charge in [0, 0.05) is 0 Å². The summed E-state index contributed by atoms with van der Waals surface area (Å²) in [6, 6.07) is 0. The van der Waals surface area contributed by atoms with Gasteiger partial charge >= 0.3 is 49.6 Å². The van der Waals surface area contributed by atoms with E-state index >= 15 is 0 Å². The first kappa shape index (κ1) is 13.4. The van der Waals surface area contributed by atoms with Gasteiger partial charge in [0.1, 0.15) is 0 Å². The molecule has 0 N–H and O–H groups in total. The number of halogens is 6. The average Bonchev–Trinajstić information content (AvgIpc) is 1.27. The molecular weight excluding hydrogens is 361 g/mol. The summed E-state index contributed by atoms with van der Waals surface area (Å²) in [7, 11) is 20.1. The maximum atomic E-state index is 5.01. The normalized spacial score (nSPS) is 9.75. The van der Waals surface area contributed by atoms with E-state index in [-0.39, 0.29) is 0 Å². The van der Waals surface area contributed by atoms with Crippen LogP contribution in [0.3, 0.4) is 0 Å². The Morgan fingerprint density at radius 1 is 1.00 bits per heavy atom. The monoisotopic (exact) mass is 360 g/mol. The Bertz CT molecular complexity index is 37.8. The molecule has 0 heterocycles. The van der Waals surface area contributed by atoms with E-state index in [0.29, 0.717) is 0 Å². The van der Waals surface area contributed by atoms with Crippen LogP contribution in [0.2, 0.25) is 0 Å². The predicted molar refractivity (Wildman–Crippen MR) is 46.1 cm³/mol. The summed E-state index contributed by atoms with van der Waals surface area (Å²) < 4.78 is 0.875. The first-order valence-corrected chi connectivity index (χ1v) is 12.1. The first-order chi connectivity index (χ1) is 3.41. The van der Waals surface area contributed by atoms with E-state index in [9.17, 15) is 0 Å². The van der Waals surface area contributed by atoms with Gasteiger partial charge in [0.2, 0.25) is 0 Å². The molecule has 7 heteroatoms. The molecular formula is CH2Br2Cl4Ti. The molecule has 0 unspecified atom stereocenters. The molecule has 52 valence electrons. The van der Waals surface area contributed by atoms with Crippen LogP contribution >= 0.6 is 69.1 Å². The summed E-state index contributed by atoms with van der Waals surface area (Å²) >= 11 is 3.01. The molecule has 0 aliphatic heterocycles. The second-order valence-corrected chi connectivity index (χ2v) is 18.6. The summed E-state index contributed by atoms with van der Waals surface area (Å²) in [4.78, 5) is 0. The van der Waals surface area contributed by atoms with Crippen molar-refractivity contribution < 1.29 is 12.3 Å². The quantitative estimate of drug-likeness (QED) is 0.439. The molecule has 0 radical (unpaired) electrons. The van der Waals surface area contributed by atoms with Gasteiger partial charge in [-0.25, -0.2) is 0 Å². The van der Waals surface area contributed by atoms with Crippen molar-refractivity contribution in [3.8, 4) is 0 Å². The summed E-state index contributed by atoms with van der Waals surface area (Å²) in [6.07, 6.45) is 0. The molecule has 8 heavy (non-hydrogen) atoms. The van der Waals surface area contributed by atoms with Crippen LogP contribution in [-0.4, -0.2) is 4.24 Å². The third kappa shape index (κ3) is 67.5. The standard InChI is InChI=1S/CH2Br2.4ClH.Ti/c2-1-3;;;;;/h1H2;4*1H;/q;;;;;+4/p-4. The van der Waals surface area contributed by atoms with E-state index in [4.69, 9.17) is 37.2 Å². The summed E-state index contributed by atoms with van der Waals surface area (Å²) in [5.41, 5.74) is 0. The third-order valence-electron chi connectivity index (χ3n) is 0. The van der Waals surface area contributed by atoms with Crippen molar-refractivity contribution in [2.24, 2.45) is 0 Å². The van der Waals surface area contributed by atoms with Gasteiger partial charge in [0.15, 0.2) is 0 Å². The van der Waals surface area contributed by atoms with Gasteiger partial charge in [-0.2, -0.15) is 0 Å². The molecule has 0 aromatic heterocycles. The molecule has 0 amide bonds. The first-order valence-electron chi connectivity index (χ1n) is 1.29. The maximum absolute atomic E-state index is 5.01. The van der Waals surface area contributed by atoms with Crippen molar-refractivity contribution >= 4 is 69.1 Å². The zero-order chi connectivity index (χ0) is 7.21. The van der Waals surface area contributed by atoms with E-state index in [1.165, 1.54) is 0 Å². The third-order valence-corrected chi connectivity index (χ3v) is 0. The van der Waals surface area contributed by atoms with Crippen LogP contribution in [0, 0.1) is 0 Å². The van der Waals surface area contributed by atoms with Crippen LogP contribution in [0.4, 0.5) is 0 Å². The molecule has 0 bridgehead atoms.